The van der Waals surface area contributed by atoms with Crippen LogP contribution >= 0.6 is 11.8 Å². The molecule has 2 aromatic heterocycles. The largest absolute Gasteiger partial charge is 0.370 e. The van der Waals surface area contributed by atoms with Crippen molar-refractivity contribution >= 4 is 23.4 Å². The highest BCUT2D eigenvalue weighted by atomic mass is 32.2. The molecule has 114 valence electrons. The standard InChI is InChI=1S/C13H21N7S/c1-4-6-14-11-8-12(18-13(17-11)21-3)15-7-5-10-16-9-20(2)19-10/h8-9H,4-7H2,1-3H3,(H2,14,15,17,18). The predicted molar refractivity (Wildman–Crippen MR) is 85.8 cm³/mol. The average Bonchev–Trinajstić information content (AvgIpc) is 2.90. The van der Waals surface area contributed by atoms with Gasteiger partial charge >= 0.3 is 0 Å². The zero-order valence-electron chi connectivity index (χ0n) is 12.6. The van der Waals surface area contributed by atoms with Crippen LogP contribution < -0.4 is 10.6 Å². The number of anilines is 2. The third kappa shape index (κ3) is 4.89. The quantitative estimate of drug-likeness (QED) is 0.568. The van der Waals surface area contributed by atoms with Gasteiger partial charge in [-0.25, -0.2) is 15.0 Å². The highest BCUT2D eigenvalue weighted by Gasteiger charge is 2.04. The first-order chi connectivity index (χ1) is 10.2. The second kappa shape index (κ2) is 7.82. The lowest BCUT2D eigenvalue weighted by Crippen LogP contribution is -2.10. The number of nitrogens with one attached hydrogen (secondary N) is 2. The topological polar surface area (TPSA) is 80.5 Å². The molecule has 0 saturated carbocycles. The second-order valence-corrected chi connectivity index (χ2v) is 5.34. The van der Waals surface area contributed by atoms with Gasteiger partial charge in [0.2, 0.25) is 0 Å². The van der Waals surface area contributed by atoms with Gasteiger partial charge in [-0.1, -0.05) is 18.7 Å². The summed E-state index contributed by atoms with van der Waals surface area (Å²) in [7, 11) is 1.87. The van der Waals surface area contributed by atoms with E-state index in [9.17, 15) is 0 Å². The number of hydrogen-bond donors (Lipinski definition) is 2. The van der Waals surface area contributed by atoms with Gasteiger partial charge in [-0.05, 0) is 12.7 Å². The Labute approximate surface area is 129 Å². The van der Waals surface area contributed by atoms with E-state index in [2.05, 4.69) is 37.6 Å². The van der Waals surface area contributed by atoms with E-state index in [4.69, 9.17) is 0 Å². The molecule has 0 saturated heterocycles. The van der Waals surface area contributed by atoms with Gasteiger partial charge in [-0.3, -0.25) is 4.68 Å². The van der Waals surface area contributed by atoms with Crippen molar-refractivity contribution in [3.63, 3.8) is 0 Å². The van der Waals surface area contributed by atoms with E-state index in [-0.39, 0.29) is 0 Å². The minimum absolute atomic E-state index is 0.738. The van der Waals surface area contributed by atoms with Crippen LogP contribution in [0.15, 0.2) is 17.6 Å². The van der Waals surface area contributed by atoms with E-state index >= 15 is 0 Å². The minimum atomic E-state index is 0.738. The molecule has 2 heterocycles. The summed E-state index contributed by atoms with van der Waals surface area (Å²) >= 11 is 1.53. The molecule has 0 aromatic carbocycles. The molecular formula is C13H21N7S. The molecule has 2 N–H and O–H groups in total. The first kappa shape index (κ1) is 15.6. The first-order valence-corrected chi connectivity index (χ1v) is 8.19. The van der Waals surface area contributed by atoms with Crippen molar-refractivity contribution in [2.24, 2.45) is 7.05 Å². The molecule has 2 rings (SSSR count). The molecule has 0 aliphatic heterocycles. The Balaban J connectivity index is 1.94. The van der Waals surface area contributed by atoms with Crippen LogP contribution in [-0.4, -0.2) is 44.1 Å². The van der Waals surface area contributed by atoms with Crippen LogP contribution in [0.3, 0.4) is 0 Å². The van der Waals surface area contributed by atoms with Crippen molar-refractivity contribution in [3.05, 3.63) is 18.2 Å². The van der Waals surface area contributed by atoms with Crippen molar-refractivity contribution in [3.8, 4) is 0 Å². The van der Waals surface area contributed by atoms with Crippen LogP contribution in [0.2, 0.25) is 0 Å². The highest BCUT2D eigenvalue weighted by Crippen LogP contribution is 2.17. The predicted octanol–water partition coefficient (Wildman–Crippen LogP) is 1.80. The maximum absolute atomic E-state index is 4.45. The van der Waals surface area contributed by atoms with Crippen molar-refractivity contribution < 1.29 is 0 Å². The molecule has 0 unspecified atom stereocenters. The fourth-order valence-corrected chi connectivity index (χ4v) is 2.13. The smallest absolute Gasteiger partial charge is 0.191 e. The van der Waals surface area contributed by atoms with Gasteiger partial charge in [0.05, 0.1) is 0 Å². The molecule has 0 bridgehead atoms. The Kier molecular flexibility index (Phi) is 5.79. The van der Waals surface area contributed by atoms with E-state index < -0.39 is 0 Å². The molecule has 2 aromatic rings. The van der Waals surface area contributed by atoms with E-state index in [1.165, 1.54) is 11.8 Å². The van der Waals surface area contributed by atoms with Crippen molar-refractivity contribution in [2.75, 3.05) is 30.0 Å². The van der Waals surface area contributed by atoms with Crippen LogP contribution in [0.25, 0.3) is 0 Å². The van der Waals surface area contributed by atoms with Crippen LogP contribution in [0.1, 0.15) is 19.2 Å². The van der Waals surface area contributed by atoms with E-state index in [1.54, 1.807) is 11.0 Å². The summed E-state index contributed by atoms with van der Waals surface area (Å²) in [6, 6.07) is 1.93. The first-order valence-electron chi connectivity index (χ1n) is 6.96. The molecule has 0 fully saturated rings. The van der Waals surface area contributed by atoms with Gasteiger partial charge in [0.15, 0.2) is 11.0 Å². The van der Waals surface area contributed by atoms with Gasteiger partial charge in [-0.2, -0.15) is 5.10 Å². The lowest BCUT2D eigenvalue weighted by Gasteiger charge is -2.09. The van der Waals surface area contributed by atoms with Crippen molar-refractivity contribution in [2.45, 2.75) is 24.9 Å². The summed E-state index contributed by atoms with van der Waals surface area (Å²) in [5.74, 6) is 2.51. The third-order valence-corrected chi connectivity index (χ3v) is 3.29. The normalized spacial score (nSPS) is 10.6. The number of aromatic nitrogens is 5. The van der Waals surface area contributed by atoms with Gasteiger partial charge in [0, 0.05) is 32.6 Å². The fourth-order valence-electron chi connectivity index (χ4n) is 1.75. The zero-order valence-corrected chi connectivity index (χ0v) is 13.4. The van der Waals surface area contributed by atoms with Gasteiger partial charge in [0.1, 0.15) is 18.0 Å². The maximum atomic E-state index is 4.45. The lowest BCUT2D eigenvalue weighted by molar-refractivity contribution is 0.741. The van der Waals surface area contributed by atoms with E-state index in [1.807, 2.05) is 19.4 Å². The van der Waals surface area contributed by atoms with Crippen LogP contribution in [0, 0.1) is 0 Å². The average molecular weight is 307 g/mol. The Hall–Kier alpha value is -1.83. The number of aryl methyl sites for hydroxylation is 1. The highest BCUT2D eigenvalue weighted by molar-refractivity contribution is 7.98. The van der Waals surface area contributed by atoms with Crippen LogP contribution in [0.4, 0.5) is 11.6 Å². The molecule has 7 nitrogen and oxygen atoms in total. The molecule has 0 atom stereocenters. The summed E-state index contributed by atoms with van der Waals surface area (Å²) in [4.78, 5) is 13.1. The molecule has 0 spiro atoms. The molecule has 0 amide bonds. The van der Waals surface area contributed by atoms with E-state index in [0.29, 0.717) is 0 Å². The molecular weight excluding hydrogens is 286 g/mol. The molecule has 0 radical (unpaired) electrons. The minimum Gasteiger partial charge on any atom is -0.370 e. The number of nitrogens with zero attached hydrogens (tertiary/aromatic N) is 5. The SMILES string of the molecule is CCCNc1cc(NCCc2ncn(C)n2)nc(SC)n1. The molecule has 8 heteroatoms. The Morgan fingerprint density at radius 3 is 2.48 bits per heavy atom. The molecule has 21 heavy (non-hydrogen) atoms. The fraction of sp³-hybridized carbons (Fsp3) is 0.538. The summed E-state index contributed by atoms with van der Waals surface area (Å²) in [5.41, 5.74) is 0. The summed E-state index contributed by atoms with van der Waals surface area (Å²) in [6.07, 6.45) is 5.50. The van der Waals surface area contributed by atoms with Crippen LogP contribution in [-0.2, 0) is 13.5 Å². The maximum Gasteiger partial charge on any atom is 0.191 e. The van der Waals surface area contributed by atoms with Crippen molar-refractivity contribution in [1.29, 1.82) is 0 Å². The monoisotopic (exact) mass is 307 g/mol. The number of hydrogen-bond acceptors (Lipinski definition) is 7. The Morgan fingerprint density at radius 2 is 1.90 bits per heavy atom. The lowest BCUT2D eigenvalue weighted by atomic mass is 10.4. The zero-order chi connectivity index (χ0) is 15.1. The van der Waals surface area contributed by atoms with Gasteiger partial charge < -0.3 is 10.6 Å². The Bertz CT molecular complexity index is 569. The number of rotatable bonds is 8. The second-order valence-electron chi connectivity index (χ2n) is 4.56. The number of thioether (sulfide) groups is 1. The third-order valence-electron chi connectivity index (χ3n) is 2.75. The van der Waals surface area contributed by atoms with Gasteiger partial charge in [-0.15, -0.1) is 0 Å². The van der Waals surface area contributed by atoms with Crippen molar-refractivity contribution in [1.82, 2.24) is 24.7 Å². The summed E-state index contributed by atoms with van der Waals surface area (Å²) in [6.45, 7) is 3.77. The van der Waals surface area contributed by atoms with Crippen LogP contribution in [0.5, 0.6) is 0 Å². The molecule has 0 aliphatic carbocycles. The van der Waals surface area contributed by atoms with E-state index in [0.717, 1.165) is 48.5 Å². The summed E-state index contributed by atoms with van der Waals surface area (Å²) in [5, 5.41) is 11.6. The Morgan fingerprint density at radius 1 is 1.19 bits per heavy atom. The molecule has 0 aliphatic rings. The van der Waals surface area contributed by atoms with Gasteiger partial charge in [0.25, 0.3) is 0 Å². The summed E-state index contributed by atoms with van der Waals surface area (Å²) < 4.78 is 1.71.